The highest BCUT2D eigenvalue weighted by atomic mass is 32.2. The van der Waals surface area contributed by atoms with Crippen LogP contribution in [0.25, 0.3) is 0 Å². The van der Waals surface area contributed by atoms with Gasteiger partial charge >= 0.3 is 0 Å². The molecule has 0 radical (unpaired) electrons. The van der Waals surface area contributed by atoms with Crippen molar-refractivity contribution in [3.05, 3.63) is 0 Å². The highest BCUT2D eigenvalue weighted by Gasteiger charge is 2.24. The monoisotopic (exact) mass is 264 g/mol. The molecular weight excluding hydrogens is 236 g/mol. The molecule has 104 valence electrons. The van der Waals surface area contributed by atoms with Gasteiger partial charge in [-0.1, -0.05) is 34.6 Å². The smallest absolute Gasteiger partial charge is 0.214 e. The van der Waals surface area contributed by atoms with Crippen LogP contribution < -0.4 is 5.73 Å². The lowest BCUT2D eigenvalue weighted by Crippen LogP contribution is -2.38. The van der Waals surface area contributed by atoms with Crippen molar-refractivity contribution in [3.8, 4) is 0 Å². The molecule has 17 heavy (non-hydrogen) atoms. The van der Waals surface area contributed by atoms with E-state index in [1.165, 1.54) is 0 Å². The van der Waals surface area contributed by atoms with Gasteiger partial charge in [-0.2, -0.15) is 0 Å². The van der Waals surface area contributed by atoms with Gasteiger partial charge in [0.2, 0.25) is 10.0 Å². The molecule has 0 heterocycles. The van der Waals surface area contributed by atoms with Crippen molar-refractivity contribution >= 4 is 10.0 Å². The van der Waals surface area contributed by atoms with Crippen LogP contribution in [0, 0.1) is 11.3 Å². The van der Waals surface area contributed by atoms with Crippen molar-refractivity contribution in [3.63, 3.8) is 0 Å². The zero-order valence-electron chi connectivity index (χ0n) is 11.9. The lowest BCUT2D eigenvalue weighted by molar-refractivity contribution is 0.358. The van der Waals surface area contributed by atoms with E-state index in [-0.39, 0.29) is 17.1 Å². The first kappa shape index (κ1) is 16.9. The van der Waals surface area contributed by atoms with Crippen molar-refractivity contribution in [1.29, 1.82) is 0 Å². The van der Waals surface area contributed by atoms with E-state index in [4.69, 9.17) is 5.73 Å². The molecule has 1 unspecified atom stereocenters. The lowest BCUT2D eigenvalue weighted by Gasteiger charge is -2.25. The van der Waals surface area contributed by atoms with Crippen LogP contribution in [-0.4, -0.2) is 38.1 Å². The topological polar surface area (TPSA) is 63.4 Å². The Morgan fingerprint density at radius 3 is 2.18 bits per heavy atom. The fourth-order valence-corrected chi connectivity index (χ4v) is 3.43. The van der Waals surface area contributed by atoms with Gasteiger partial charge in [0.05, 0.1) is 5.75 Å². The Balaban J connectivity index is 4.54. The summed E-state index contributed by atoms with van der Waals surface area (Å²) < 4.78 is 25.8. The molecule has 0 amide bonds. The zero-order valence-corrected chi connectivity index (χ0v) is 12.7. The second-order valence-electron chi connectivity index (χ2n) is 5.92. The van der Waals surface area contributed by atoms with Crippen molar-refractivity contribution in [1.82, 2.24) is 4.31 Å². The van der Waals surface area contributed by atoms with Crippen LogP contribution in [0.15, 0.2) is 0 Å². The number of hydrogen-bond donors (Lipinski definition) is 1. The molecule has 0 aliphatic heterocycles. The van der Waals surface area contributed by atoms with E-state index >= 15 is 0 Å². The van der Waals surface area contributed by atoms with Crippen LogP contribution in [-0.2, 0) is 10.0 Å². The highest BCUT2D eigenvalue weighted by Crippen LogP contribution is 2.20. The van der Waals surface area contributed by atoms with E-state index in [9.17, 15) is 8.42 Å². The van der Waals surface area contributed by atoms with Gasteiger partial charge in [0.15, 0.2) is 0 Å². The minimum Gasteiger partial charge on any atom is -0.330 e. The molecule has 0 aliphatic rings. The Bertz CT molecular complexity index is 307. The maximum atomic E-state index is 12.1. The van der Waals surface area contributed by atoms with E-state index in [1.54, 1.807) is 4.31 Å². The molecule has 0 saturated carbocycles. The van der Waals surface area contributed by atoms with Gasteiger partial charge in [-0.3, -0.25) is 0 Å². The molecule has 2 N–H and O–H groups in total. The SMILES string of the molecule is CCN(CC(C)CN)S(=O)(=O)CCC(C)(C)C. The number of nitrogens with zero attached hydrogens (tertiary/aromatic N) is 1. The molecule has 0 bridgehead atoms. The molecule has 0 spiro atoms. The third kappa shape index (κ3) is 7.01. The average molecular weight is 264 g/mol. The number of nitrogens with two attached hydrogens (primary N) is 1. The maximum Gasteiger partial charge on any atom is 0.214 e. The third-order valence-electron chi connectivity index (χ3n) is 2.77. The van der Waals surface area contributed by atoms with Gasteiger partial charge in [-0.05, 0) is 24.3 Å². The molecule has 0 fully saturated rings. The van der Waals surface area contributed by atoms with Gasteiger partial charge < -0.3 is 5.73 Å². The van der Waals surface area contributed by atoms with Gasteiger partial charge in [0.25, 0.3) is 0 Å². The Morgan fingerprint density at radius 1 is 1.29 bits per heavy atom. The summed E-state index contributed by atoms with van der Waals surface area (Å²) in [5, 5.41) is 0. The van der Waals surface area contributed by atoms with E-state index in [1.807, 2.05) is 13.8 Å². The quantitative estimate of drug-likeness (QED) is 0.761. The van der Waals surface area contributed by atoms with Crippen LogP contribution in [0.5, 0.6) is 0 Å². The van der Waals surface area contributed by atoms with Crippen LogP contribution in [0.2, 0.25) is 0 Å². The summed E-state index contributed by atoms with van der Waals surface area (Å²) in [6.07, 6.45) is 0.683. The molecule has 0 aliphatic carbocycles. The van der Waals surface area contributed by atoms with Gasteiger partial charge in [0.1, 0.15) is 0 Å². The van der Waals surface area contributed by atoms with Crippen LogP contribution in [0.3, 0.4) is 0 Å². The summed E-state index contributed by atoms with van der Waals surface area (Å²) in [6, 6.07) is 0. The second-order valence-corrected chi connectivity index (χ2v) is 8.01. The van der Waals surface area contributed by atoms with Crippen LogP contribution in [0.1, 0.15) is 41.0 Å². The van der Waals surface area contributed by atoms with E-state index < -0.39 is 10.0 Å². The Morgan fingerprint density at radius 2 is 1.82 bits per heavy atom. The first-order valence-corrected chi connectivity index (χ1v) is 7.91. The molecule has 5 heteroatoms. The first-order chi connectivity index (χ1) is 7.62. The molecule has 0 aromatic carbocycles. The van der Waals surface area contributed by atoms with E-state index in [0.717, 1.165) is 0 Å². The summed E-state index contributed by atoms with van der Waals surface area (Å²) in [7, 11) is -3.13. The van der Waals surface area contributed by atoms with E-state index in [0.29, 0.717) is 26.1 Å². The molecule has 4 nitrogen and oxygen atoms in total. The van der Waals surface area contributed by atoms with Gasteiger partial charge in [-0.25, -0.2) is 12.7 Å². The normalized spacial score (nSPS) is 15.2. The fraction of sp³-hybridized carbons (Fsp3) is 1.00. The Kier molecular flexibility index (Phi) is 6.66. The minimum absolute atomic E-state index is 0.0476. The lowest BCUT2D eigenvalue weighted by atomic mass is 9.94. The van der Waals surface area contributed by atoms with Crippen molar-refractivity contribution in [2.24, 2.45) is 17.1 Å². The van der Waals surface area contributed by atoms with Crippen molar-refractivity contribution < 1.29 is 8.42 Å². The molecule has 0 saturated heterocycles. The third-order valence-corrected chi connectivity index (χ3v) is 4.69. The Hall–Kier alpha value is -0.130. The van der Waals surface area contributed by atoms with Crippen LogP contribution in [0.4, 0.5) is 0 Å². The molecule has 0 aromatic rings. The molecule has 0 rings (SSSR count). The zero-order chi connectivity index (χ0) is 13.7. The van der Waals surface area contributed by atoms with Crippen molar-refractivity contribution in [2.75, 3.05) is 25.4 Å². The predicted molar refractivity (Wildman–Crippen MR) is 73.3 cm³/mol. The second kappa shape index (κ2) is 6.71. The summed E-state index contributed by atoms with van der Waals surface area (Å²) >= 11 is 0. The fourth-order valence-electron chi connectivity index (χ4n) is 1.43. The molecular formula is C12H28N2O2S. The van der Waals surface area contributed by atoms with Crippen LogP contribution >= 0.6 is 0 Å². The van der Waals surface area contributed by atoms with Gasteiger partial charge in [-0.15, -0.1) is 0 Å². The van der Waals surface area contributed by atoms with Gasteiger partial charge in [0, 0.05) is 13.1 Å². The molecule has 0 aromatic heterocycles. The first-order valence-electron chi connectivity index (χ1n) is 6.30. The predicted octanol–water partition coefficient (Wildman–Crippen LogP) is 1.67. The standard InChI is InChI=1S/C12H28N2O2S/c1-6-14(10-11(2)9-13)17(15,16)8-7-12(3,4)5/h11H,6-10,13H2,1-5H3. The average Bonchev–Trinajstić information content (AvgIpc) is 2.21. The molecule has 1 atom stereocenters. The summed E-state index contributed by atoms with van der Waals surface area (Å²) in [4.78, 5) is 0. The highest BCUT2D eigenvalue weighted by molar-refractivity contribution is 7.89. The summed E-state index contributed by atoms with van der Waals surface area (Å²) in [5.41, 5.74) is 5.59. The Labute approximate surface area is 107 Å². The summed E-state index contributed by atoms with van der Waals surface area (Å²) in [5.74, 6) is 0.432. The largest absolute Gasteiger partial charge is 0.330 e. The number of sulfonamides is 1. The van der Waals surface area contributed by atoms with E-state index in [2.05, 4.69) is 20.8 Å². The minimum atomic E-state index is -3.13. The maximum absolute atomic E-state index is 12.1. The van der Waals surface area contributed by atoms with Crippen molar-refractivity contribution in [2.45, 2.75) is 41.0 Å². The summed E-state index contributed by atoms with van der Waals surface area (Å²) in [6.45, 7) is 11.6. The number of rotatable bonds is 7. The number of hydrogen-bond acceptors (Lipinski definition) is 3.